The molecule has 0 aliphatic heterocycles. The lowest BCUT2D eigenvalue weighted by Gasteiger charge is -2.11. The van der Waals surface area contributed by atoms with Gasteiger partial charge in [-0.15, -0.1) is 0 Å². The van der Waals surface area contributed by atoms with Gasteiger partial charge in [0, 0.05) is 10.6 Å². The second-order valence-electron chi connectivity index (χ2n) is 5.20. The van der Waals surface area contributed by atoms with Crippen molar-refractivity contribution in [3.8, 4) is 11.5 Å². The standard InChI is InChI=1S/C18H20ClNO3/c1-12-10-16(11-13(2)17(12)19)23-9-8-20-18(21)14-4-6-15(22-3)7-5-14/h4-7,10-11H,8-9H2,1-3H3,(H,20,21). The Morgan fingerprint density at radius 2 is 1.70 bits per heavy atom. The van der Waals surface area contributed by atoms with Crippen molar-refractivity contribution in [2.75, 3.05) is 20.3 Å². The monoisotopic (exact) mass is 333 g/mol. The molecule has 122 valence electrons. The van der Waals surface area contributed by atoms with Crippen molar-refractivity contribution >= 4 is 17.5 Å². The summed E-state index contributed by atoms with van der Waals surface area (Å²) in [6.45, 7) is 4.69. The van der Waals surface area contributed by atoms with Crippen molar-refractivity contribution < 1.29 is 14.3 Å². The van der Waals surface area contributed by atoms with E-state index in [9.17, 15) is 4.79 Å². The third-order valence-electron chi connectivity index (χ3n) is 3.42. The summed E-state index contributed by atoms with van der Waals surface area (Å²) in [7, 11) is 1.59. The van der Waals surface area contributed by atoms with E-state index in [0.29, 0.717) is 18.7 Å². The zero-order valence-corrected chi connectivity index (χ0v) is 14.2. The molecule has 1 amide bonds. The summed E-state index contributed by atoms with van der Waals surface area (Å²) in [4.78, 5) is 12.0. The number of hydrogen-bond acceptors (Lipinski definition) is 3. The van der Waals surface area contributed by atoms with E-state index >= 15 is 0 Å². The topological polar surface area (TPSA) is 47.6 Å². The fourth-order valence-corrected chi connectivity index (χ4v) is 2.28. The Bertz CT molecular complexity index is 660. The molecule has 4 nitrogen and oxygen atoms in total. The number of carbonyl (C=O) groups is 1. The fraction of sp³-hybridized carbons (Fsp3) is 0.278. The Kier molecular flexibility index (Phi) is 5.88. The van der Waals surface area contributed by atoms with Crippen LogP contribution in [0.25, 0.3) is 0 Å². The maximum absolute atomic E-state index is 12.0. The zero-order chi connectivity index (χ0) is 16.8. The minimum absolute atomic E-state index is 0.139. The number of methoxy groups -OCH3 is 1. The molecule has 2 aromatic rings. The van der Waals surface area contributed by atoms with Gasteiger partial charge >= 0.3 is 0 Å². The summed E-state index contributed by atoms with van der Waals surface area (Å²) in [6, 6.07) is 10.7. The minimum Gasteiger partial charge on any atom is -0.497 e. The molecule has 0 aliphatic rings. The Hall–Kier alpha value is -2.20. The molecule has 0 aliphatic carbocycles. The highest BCUT2D eigenvalue weighted by Gasteiger charge is 2.06. The number of benzene rings is 2. The lowest BCUT2D eigenvalue weighted by atomic mass is 10.1. The van der Waals surface area contributed by atoms with Gasteiger partial charge in [-0.25, -0.2) is 0 Å². The predicted molar refractivity (Wildman–Crippen MR) is 91.7 cm³/mol. The molecule has 0 fully saturated rings. The largest absolute Gasteiger partial charge is 0.497 e. The van der Waals surface area contributed by atoms with E-state index in [2.05, 4.69) is 5.32 Å². The molecule has 0 aromatic heterocycles. The lowest BCUT2D eigenvalue weighted by Crippen LogP contribution is -2.28. The highest BCUT2D eigenvalue weighted by Crippen LogP contribution is 2.25. The summed E-state index contributed by atoms with van der Waals surface area (Å²) in [5.41, 5.74) is 2.54. The van der Waals surface area contributed by atoms with E-state index < -0.39 is 0 Å². The molecule has 0 heterocycles. The first-order chi connectivity index (χ1) is 11.0. The maximum atomic E-state index is 12.0. The van der Waals surface area contributed by atoms with Crippen LogP contribution in [0.5, 0.6) is 11.5 Å². The Balaban J connectivity index is 1.81. The molecular weight excluding hydrogens is 314 g/mol. The second-order valence-corrected chi connectivity index (χ2v) is 5.58. The van der Waals surface area contributed by atoms with Crippen molar-refractivity contribution in [2.45, 2.75) is 13.8 Å². The van der Waals surface area contributed by atoms with Crippen molar-refractivity contribution in [3.63, 3.8) is 0 Å². The predicted octanol–water partition coefficient (Wildman–Crippen LogP) is 3.77. The molecule has 0 saturated carbocycles. The van der Waals surface area contributed by atoms with E-state index in [1.807, 2.05) is 26.0 Å². The average molecular weight is 334 g/mol. The molecule has 0 radical (unpaired) electrons. The smallest absolute Gasteiger partial charge is 0.251 e. The molecule has 1 N–H and O–H groups in total. The van der Waals surface area contributed by atoms with E-state index in [-0.39, 0.29) is 5.91 Å². The van der Waals surface area contributed by atoms with Crippen LogP contribution in [-0.4, -0.2) is 26.2 Å². The van der Waals surface area contributed by atoms with Crippen molar-refractivity contribution in [3.05, 3.63) is 58.1 Å². The summed E-state index contributed by atoms with van der Waals surface area (Å²) in [6.07, 6.45) is 0. The van der Waals surface area contributed by atoms with Gasteiger partial charge in [-0.05, 0) is 61.4 Å². The summed E-state index contributed by atoms with van der Waals surface area (Å²) in [5.74, 6) is 1.33. The quantitative estimate of drug-likeness (QED) is 0.818. The number of aryl methyl sites for hydroxylation is 2. The molecule has 23 heavy (non-hydrogen) atoms. The van der Waals surface area contributed by atoms with Crippen LogP contribution in [0.15, 0.2) is 36.4 Å². The van der Waals surface area contributed by atoms with Gasteiger partial charge in [-0.1, -0.05) is 11.6 Å². The normalized spacial score (nSPS) is 10.3. The highest BCUT2D eigenvalue weighted by molar-refractivity contribution is 6.32. The van der Waals surface area contributed by atoms with Gasteiger partial charge < -0.3 is 14.8 Å². The first-order valence-corrected chi connectivity index (χ1v) is 7.71. The molecule has 0 saturated heterocycles. The molecular formula is C18H20ClNO3. The highest BCUT2D eigenvalue weighted by atomic mass is 35.5. The third-order valence-corrected chi connectivity index (χ3v) is 4.01. The van der Waals surface area contributed by atoms with Crippen molar-refractivity contribution in [1.29, 1.82) is 0 Å². The maximum Gasteiger partial charge on any atom is 0.251 e. The van der Waals surface area contributed by atoms with Crippen LogP contribution in [0.1, 0.15) is 21.5 Å². The van der Waals surface area contributed by atoms with Gasteiger partial charge in [0.1, 0.15) is 18.1 Å². The van der Waals surface area contributed by atoms with Crippen LogP contribution < -0.4 is 14.8 Å². The van der Waals surface area contributed by atoms with Crippen LogP contribution in [-0.2, 0) is 0 Å². The number of ether oxygens (including phenoxy) is 2. The van der Waals surface area contributed by atoms with Gasteiger partial charge in [0.2, 0.25) is 0 Å². The number of halogens is 1. The van der Waals surface area contributed by atoms with Gasteiger partial charge in [-0.2, -0.15) is 0 Å². The molecule has 5 heteroatoms. The zero-order valence-electron chi connectivity index (χ0n) is 13.5. The first kappa shape index (κ1) is 17.2. The summed E-state index contributed by atoms with van der Waals surface area (Å²) in [5, 5.41) is 3.57. The van der Waals surface area contributed by atoms with Gasteiger partial charge in [0.15, 0.2) is 0 Å². The Labute approximate surface area is 141 Å². The SMILES string of the molecule is COc1ccc(C(=O)NCCOc2cc(C)c(Cl)c(C)c2)cc1. The second kappa shape index (κ2) is 7.88. The number of hydrogen-bond donors (Lipinski definition) is 1. The van der Waals surface area contributed by atoms with Gasteiger partial charge in [0.05, 0.1) is 13.7 Å². The van der Waals surface area contributed by atoms with Crippen molar-refractivity contribution in [1.82, 2.24) is 5.32 Å². The van der Waals surface area contributed by atoms with Gasteiger partial charge in [-0.3, -0.25) is 4.79 Å². The summed E-state index contributed by atoms with van der Waals surface area (Å²) < 4.78 is 10.7. The number of rotatable bonds is 6. The van der Waals surface area contributed by atoms with E-state index in [0.717, 1.165) is 27.6 Å². The molecule has 0 spiro atoms. The van der Waals surface area contributed by atoms with Crippen LogP contribution >= 0.6 is 11.6 Å². The van der Waals surface area contributed by atoms with Gasteiger partial charge in [0.25, 0.3) is 5.91 Å². The van der Waals surface area contributed by atoms with E-state index in [4.69, 9.17) is 21.1 Å². The van der Waals surface area contributed by atoms with Crippen molar-refractivity contribution in [2.24, 2.45) is 0 Å². The lowest BCUT2D eigenvalue weighted by molar-refractivity contribution is 0.0947. The fourth-order valence-electron chi connectivity index (χ4n) is 2.17. The van der Waals surface area contributed by atoms with E-state index in [1.54, 1.807) is 31.4 Å². The van der Waals surface area contributed by atoms with Crippen LogP contribution in [0, 0.1) is 13.8 Å². The minimum atomic E-state index is -0.139. The molecule has 2 rings (SSSR count). The number of nitrogens with one attached hydrogen (secondary N) is 1. The molecule has 0 unspecified atom stereocenters. The average Bonchev–Trinajstić information content (AvgIpc) is 2.56. The molecule has 0 bridgehead atoms. The molecule has 2 aromatic carbocycles. The Morgan fingerprint density at radius 1 is 1.09 bits per heavy atom. The third kappa shape index (κ3) is 4.63. The van der Waals surface area contributed by atoms with E-state index in [1.165, 1.54) is 0 Å². The van der Waals surface area contributed by atoms with Crippen LogP contribution in [0.2, 0.25) is 5.02 Å². The summed E-state index contributed by atoms with van der Waals surface area (Å²) >= 11 is 6.12. The van der Waals surface area contributed by atoms with Crippen LogP contribution in [0.4, 0.5) is 0 Å². The Morgan fingerprint density at radius 3 is 2.26 bits per heavy atom. The number of amides is 1. The molecule has 0 atom stereocenters. The number of carbonyl (C=O) groups excluding carboxylic acids is 1. The van der Waals surface area contributed by atoms with Crippen LogP contribution in [0.3, 0.4) is 0 Å². The first-order valence-electron chi connectivity index (χ1n) is 7.33.